The average Bonchev–Trinajstić information content (AvgIpc) is 2.58. The number of esters is 1. The summed E-state index contributed by atoms with van der Waals surface area (Å²) in [7, 11) is -3.84. The number of hydrogen-bond donors (Lipinski definition) is 3. The molecule has 0 aliphatic heterocycles. The Morgan fingerprint density at radius 3 is 2.40 bits per heavy atom. The van der Waals surface area contributed by atoms with Gasteiger partial charge in [0.15, 0.2) is 6.61 Å². The van der Waals surface area contributed by atoms with Gasteiger partial charge in [0, 0.05) is 6.04 Å². The number of benzene rings is 1. The van der Waals surface area contributed by atoms with Crippen molar-refractivity contribution in [3.63, 3.8) is 0 Å². The van der Waals surface area contributed by atoms with Gasteiger partial charge in [0.1, 0.15) is 6.54 Å². The van der Waals surface area contributed by atoms with Crippen LogP contribution in [0.2, 0.25) is 0 Å². The number of sulfonamides is 1. The first-order valence-electron chi connectivity index (χ1n) is 7.55. The molecule has 0 aliphatic rings. The Morgan fingerprint density at radius 1 is 1.16 bits per heavy atom. The molecule has 1 atom stereocenters. The zero-order chi connectivity index (χ0) is 18.9. The van der Waals surface area contributed by atoms with E-state index in [4.69, 9.17) is 0 Å². The second-order valence-corrected chi connectivity index (χ2v) is 6.90. The van der Waals surface area contributed by atoms with Gasteiger partial charge in [-0.15, -0.1) is 0 Å². The van der Waals surface area contributed by atoms with E-state index in [-0.39, 0.29) is 10.9 Å². The number of carbonyl (C=O) groups excluding carboxylic acids is 3. The number of rotatable bonds is 8. The number of urea groups is 1. The average molecular weight is 371 g/mol. The highest BCUT2D eigenvalue weighted by molar-refractivity contribution is 7.89. The first kappa shape index (κ1) is 20.6. The molecular formula is C15H21N3O6S. The van der Waals surface area contributed by atoms with E-state index >= 15 is 0 Å². The number of hydrogen-bond acceptors (Lipinski definition) is 6. The second kappa shape index (κ2) is 9.74. The van der Waals surface area contributed by atoms with E-state index in [0.29, 0.717) is 6.42 Å². The van der Waals surface area contributed by atoms with E-state index in [1.165, 1.54) is 12.1 Å². The minimum absolute atomic E-state index is 0.00209. The SMILES string of the molecule is CC[C@H](C)NC(=O)NC(=O)COC(=O)CNS(=O)(=O)c1ccccc1. The maximum atomic E-state index is 11.9. The van der Waals surface area contributed by atoms with Gasteiger partial charge >= 0.3 is 12.0 Å². The lowest BCUT2D eigenvalue weighted by atomic mass is 10.3. The zero-order valence-electron chi connectivity index (χ0n) is 13.9. The number of amides is 3. The predicted molar refractivity (Wildman–Crippen MR) is 89.0 cm³/mol. The van der Waals surface area contributed by atoms with Crippen LogP contribution in [0.4, 0.5) is 4.79 Å². The van der Waals surface area contributed by atoms with Crippen LogP contribution in [0.5, 0.6) is 0 Å². The van der Waals surface area contributed by atoms with E-state index in [1.54, 1.807) is 25.1 Å². The number of nitrogens with one attached hydrogen (secondary N) is 3. The van der Waals surface area contributed by atoms with E-state index < -0.39 is 41.1 Å². The van der Waals surface area contributed by atoms with Gasteiger partial charge in [-0.05, 0) is 25.5 Å². The summed E-state index contributed by atoms with van der Waals surface area (Å²) >= 11 is 0. The van der Waals surface area contributed by atoms with Crippen molar-refractivity contribution in [3.05, 3.63) is 30.3 Å². The summed E-state index contributed by atoms with van der Waals surface area (Å²) in [6.45, 7) is 2.30. The van der Waals surface area contributed by atoms with Crippen molar-refractivity contribution in [2.24, 2.45) is 0 Å². The van der Waals surface area contributed by atoms with E-state index in [2.05, 4.69) is 14.8 Å². The topological polar surface area (TPSA) is 131 Å². The molecule has 0 fully saturated rings. The molecular weight excluding hydrogens is 350 g/mol. The molecule has 3 N–H and O–H groups in total. The van der Waals surface area contributed by atoms with E-state index in [9.17, 15) is 22.8 Å². The van der Waals surface area contributed by atoms with Crippen LogP contribution in [0.25, 0.3) is 0 Å². The van der Waals surface area contributed by atoms with Crippen LogP contribution < -0.4 is 15.4 Å². The van der Waals surface area contributed by atoms with Crippen molar-refractivity contribution in [2.75, 3.05) is 13.2 Å². The van der Waals surface area contributed by atoms with Crippen molar-refractivity contribution in [3.8, 4) is 0 Å². The molecule has 0 unspecified atom stereocenters. The first-order chi connectivity index (χ1) is 11.7. The number of ether oxygens (including phenoxy) is 1. The molecule has 10 heteroatoms. The highest BCUT2D eigenvalue weighted by Crippen LogP contribution is 2.06. The fourth-order valence-corrected chi connectivity index (χ4v) is 2.55. The van der Waals surface area contributed by atoms with Crippen LogP contribution in [0.3, 0.4) is 0 Å². The van der Waals surface area contributed by atoms with Crippen LogP contribution in [-0.2, 0) is 24.3 Å². The van der Waals surface area contributed by atoms with Crippen molar-refractivity contribution in [1.29, 1.82) is 0 Å². The molecule has 138 valence electrons. The van der Waals surface area contributed by atoms with Gasteiger partial charge in [0.05, 0.1) is 4.90 Å². The molecule has 25 heavy (non-hydrogen) atoms. The summed E-state index contributed by atoms with van der Waals surface area (Å²) in [5.41, 5.74) is 0. The van der Waals surface area contributed by atoms with Crippen molar-refractivity contribution < 1.29 is 27.5 Å². The predicted octanol–water partition coefficient (Wildman–Crippen LogP) is 0.132. The van der Waals surface area contributed by atoms with Crippen molar-refractivity contribution in [2.45, 2.75) is 31.2 Å². The lowest BCUT2D eigenvalue weighted by Crippen LogP contribution is -2.45. The fraction of sp³-hybridized carbons (Fsp3) is 0.400. The number of imide groups is 1. The molecule has 1 rings (SSSR count). The van der Waals surface area contributed by atoms with Gasteiger partial charge in [-0.2, -0.15) is 4.72 Å². The monoisotopic (exact) mass is 371 g/mol. The molecule has 0 heterocycles. The maximum absolute atomic E-state index is 11.9. The molecule has 0 saturated carbocycles. The van der Waals surface area contributed by atoms with Gasteiger partial charge in [-0.3, -0.25) is 14.9 Å². The van der Waals surface area contributed by atoms with Crippen LogP contribution in [0.15, 0.2) is 35.2 Å². The Balaban J connectivity index is 2.35. The van der Waals surface area contributed by atoms with Crippen LogP contribution in [0, 0.1) is 0 Å². The van der Waals surface area contributed by atoms with Crippen molar-refractivity contribution >= 4 is 27.9 Å². The molecule has 3 amide bonds. The van der Waals surface area contributed by atoms with Gasteiger partial charge in [0.25, 0.3) is 5.91 Å². The van der Waals surface area contributed by atoms with E-state index in [1.807, 2.05) is 12.2 Å². The summed E-state index contributed by atoms with van der Waals surface area (Å²) < 4.78 is 30.5. The summed E-state index contributed by atoms with van der Waals surface area (Å²) in [5.74, 6) is -1.77. The lowest BCUT2D eigenvalue weighted by Gasteiger charge is -2.12. The second-order valence-electron chi connectivity index (χ2n) is 5.13. The third kappa shape index (κ3) is 7.77. The first-order valence-corrected chi connectivity index (χ1v) is 9.03. The van der Waals surface area contributed by atoms with Gasteiger partial charge < -0.3 is 10.1 Å². The minimum Gasteiger partial charge on any atom is -0.455 e. The molecule has 0 bridgehead atoms. The highest BCUT2D eigenvalue weighted by Gasteiger charge is 2.17. The summed E-state index contributed by atoms with van der Waals surface area (Å²) in [6, 6.07) is 6.68. The molecule has 1 aromatic carbocycles. The molecule has 0 spiro atoms. The molecule has 9 nitrogen and oxygen atoms in total. The van der Waals surface area contributed by atoms with Crippen LogP contribution in [0.1, 0.15) is 20.3 Å². The molecule has 0 radical (unpaired) electrons. The Labute approximate surface area is 146 Å². The Hall–Kier alpha value is -2.46. The number of carbonyl (C=O) groups is 3. The van der Waals surface area contributed by atoms with Gasteiger partial charge in [-0.25, -0.2) is 13.2 Å². The smallest absolute Gasteiger partial charge is 0.321 e. The molecule has 0 saturated heterocycles. The normalized spacial score (nSPS) is 12.1. The minimum atomic E-state index is -3.84. The standard InChI is InChI=1S/C15H21N3O6S/c1-3-11(2)17-15(21)18-13(19)10-24-14(20)9-16-25(22,23)12-7-5-4-6-8-12/h4-8,11,16H,3,9-10H2,1-2H3,(H2,17,18,19,21)/t11-/m0/s1. The molecule has 1 aromatic rings. The van der Waals surface area contributed by atoms with Gasteiger partial charge in [0.2, 0.25) is 10.0 Å². The van der Waals surface area contributed by atoms with E-state index in [0.717, 1.165) is 0 Å². The lowest BCUT2D eigenvalue weighted by molar-refractivity contribution is -0.147. The molecule has 0 aliphatic carbocycles. The molecule has 0 aromatic heterocycles. The zero-order valence-corrected chi connectivity index (χ0v) is 14.8. The van der Waals surface area contributed by atoms with Crippen molar-refractivity contribution in [1.82, 2.24) is 15.4 Å². The summed E-state index contributed by atoms with van der Waals surface area (Å²) in [4.78, 5) is 34.4. The largest absolute Gasteiger partial charge is 0.455 e. The Kier molecular flexibility index (Phi) is 8.02. The fourth-order valence-electron chi connectivity index (χ4n) is 1.56. The third-order valence-electron chi connectivity index (χ3n) is 3.07. The summed E-state index contributed by atoms with van der Waals surface area (Å²) in [6.07, 6.45) is 0.693. The quantitative estimate of drug-likeness (QED) is 0.557. The Morgan fingerprint density at radius 2 is 1.80 bits per heavy atom. The maximum Gasteiger partial charge on any atom is 0.321 e. The summed E-state index contributed by atoms with van der Waals surface area (Å²) in [5, 5.41) is 4.50. The van der Waals surface area contributed by atoms with Gasteiger partial charge in [-0.1, -0.05) is 25.1 Å². The third-order valence-corrected chi connectivity index (χ3v) is 4.48. The van der Waals surface area contributed by atoms with Crippen LogP contribution in [-0.4, -0.2) is 45.5 Å². The van der Waals surface area contributed by atoms with Crippen LogP contribution >= 0.6 is 0 Å². The Bertz CT molecular complexity index is 705. The highest BCUT2D eigenvalue weighted by atomic mass is 32.2.